The minimum atomic E-state index is -0.301. The molecule has 0 radical (unpaired) electrons. The van der Waals surface area contributed by atoms with Crippen LogP contribution in [-0.4, -0.2) is 0 Å². The molecule has 11 rings (SSSR count). The van der Waals surface area contributed by atoms with Gasteiger partial charge in [0.1, 0.15) is 0 Å². The second kappa shape index (κ2) is 14.6. The summed E-state index contributed by atoms with van der Waals surface area (Å²) in [5, 5.41) is 0. The molecular formula is C60H48N2. The molecule has 0 atom stereocenters. The summed E-state index contributed by atoms with van der Waals surface area (Å²) in [6.45, 7) is 9.61. The van der Waals surface area contributed by atoms with E-state index in [4.69, 9.17) is 0 Å². The van der Waals surface area contributed by atoms with Crippen molar-refractivity contribution in [2.75, 3.05) is 9.80 Å². The van der Waals surface area contributed by atoms with Crippen molar-refractivity contribution in [3.63, 3.8) is 0 Å². The molecule has 0 saturated carbocycles. The van der Waals surface area contributed by atoms with Crippen LogP contribution in [0.4, 0.5) is 34.1 Å². The van der Waals surface area contributed by atoms with Gasteiger partial charge in [-0.2, -0.15) is 0 Å². The zero-order chi connectivity index (χ0) is 42.0. The van der Waals surface area contributed by atoms with Crippen molar-refractivity contribution in [3.05, 3.63) is 241 Å². The molecule has 0 amide bonds. The van der Waals surface area contributed by atoms with Gasteiger partial charge in [-0.3, -0.25) is 0 Å². The van der Waals surface area contributed by atoms with E-state index in [1.54, 1.807) is 0 Å². The third-order valence-electron chi connectivity index (χ3n) is 13.4. The van der Waals surface area contributed by atoms with Gasteiger partial charge in [0, 0.05) is 22.2 Å². The van der Waals surface area contributed by atoms with Gasteiger partial charge >= 0.3 is 0 Å². The largest absolute Gasteiger partial charge is 0.310 e. The van der Waals surface area contributed by atoms with Crippen LogP contribution in [0.1, 0.15) is 49.9 Å². The highest BCUT2D eigenvalue weighted by molar-refractivity contribution is 5.95. The first kappa shape index (κ1) is 37.6. The third-order valence-corrected chi connectivity index (χ3v) is 13.4. The second-order valence-corrected chi connectivity index (χ2v) is 17.8. The van der Waals surface area contributed by atoms with Crippen LogP contribution in [0.25, 0.3) is 44.5 Å². The summed E-state index contributed by atoms with van der Waals surface area (Å²) in [4.78, 5) is 5.08. The van der Waals surface area contributed by atoms with Crippen LogP contribution in [-0.2, 0) is 10.8 Å². The van der Waals surface area contributed by atoms with E-state index in [0.29, 0.717) is 0 Å². The molecule has 0 unspecified atom stereocenters. The number of para-hydroxylation sites is 2. The number of nitrogens with zero attached hydrogens (tertiary/aromatic N) is 2. The Morgan fingerprint density at radius 3 is 0.823 bits per heavy atom. The SMILES string of the molecule is CC1(C)c2ccccc2N(c2cc(-c3ccccc3)cc(-c3ccccc3)c2)c2cc3c(cc21)N(c1cc(-c2ccccc2)cc(-c2ccccc2)c1)c1ccccc1C3(C)C. The van der Waals surface area contributed by atoms with Gasteiger partial charge in [0.15, 0.2) is 0 Å². The monoisotopic (exact) mass is 796 g/mol. The van der Waals surface area contributed by atoms with Crippen LogP contribution in [0.2, 0.25) is 0 Å². The number of rotatable bonds is 6. The Bertz CT molecular complexity index is 2780. The summed E-state index contributed by atoms with van der Waals surface area (Å²) >= 11 is 0. The van der Waals surface area contributed by atoms with Gasteiger partial charge in [-0.05, 0) is 127 Å². The van der Waals surface area contributed by atoms with Gasteiger partial charge in [-0.1, -0.05) is 185 Å². The van der Waals surface area contributed by atoms with E-state index in [-0.39, 0.29) is 10.8 Å². The normalized spacial score (nSPS) is 14.3. The number of fused-ring (bicyclic) bond motifs is 4. The Kier molecular flexibility index (Phi) is 8.87. The fraction of sp³-hybridized carbons (Fsp3) is 0.100. The molecule has 2 heterocycles. The zero-order valence-corrected chi connectivity index (χ0v) is 35.7. The molecule has 2 nitrogen and oxygen atoms in total. The molecular weight excluding hydrogens is 749 g/mol. The van der Waals surface area contributed by atoms with Crippen LogP contribution in [0.5, 0.6) is 0 Å². The average Bonchev–Trinajstić information content (AvgIpc) is 3.32. The molecule has 9 aromatic carbocycles. The summed E-state index contributed by atoms with van der Waals surface area (Å²) < 4.78 is 0. The lowest BCUT2D eigenvalue weighted by Crippen LogP contribution is -2.35. The van der Waals surface area contributed by atoms with Crippen molar-refractivity contribution in [3.8, 4) is 44.5 Å². The summed E-state index contributed by atoms with van der Waals surface area (Å²) in [6, 6.07) is 80.5. The van der Waals surface area contributed by atoms with Crippen LogP contribution >= 0.6 is 0 Å². The molecule has 0 bridgehead atoms. The van der Waals surface area contributed by atoms with Gasteiger partial charge < -0.3 is 9.80 Å². The zero-order valence-electron chi connectivity index (χ0n) is 35.7. The van der Waals surface area contributed by atoms with Crippen molar-refractivity contribution < 1.29 is 0 Å². The van der Waals surface area contributed by atoms with E-state index in [0.717, 1.165) is 11.4 Å². The fourth-order valence-electron chi connectivity index (χ4n) is 10.1. The summed E-state index contributed by atoms with van der Waals surface area (Å²) in [6.07, 6.45) is 0. The molecule has 298 valence electrons. The van der Waals surface area contributed by atoms with Gasteiger partial charge in [-0.25, -0.2) is 0 Å². The lowest BCUT2D eigenvalue weighted by molar-refractivity contribution is 0.615. The molecule has 2 heteroatoms. The molecule has 0 spiro atoms. The second-order valence-electron chi connectivity index (χ2n) is 17.8. The molecule has 0 aromatic heterocycles. The van der Waals surface area contributed by atoms with E-state index in [1.165, 1.54) is 89.5 Å². The van der Waals surface area contributed by atoms with E-state index < -0.39 is 0 Å². The van der Waals surface area contributed by atoms with Gasteiger partial charge in [0.25, 0.3) is 0 Å². The van der Waals surface area contributed by atoms with Gasteiger partial charge in [-0.15, -0.1) is 0 Å². The lowest BCUT2D eigenvalue weighted by Gasteiger charge is -2.47. The predicted octanol–water partition coefficient (Wildman–Crippen LogP) is 16.6. The van der Waals surface area contributed by atoms with Crippen molar-refractivity contribution >= 4 is 34.1 Å². The molecule has 0 fully saturated rings. The Morgan fingerprint density at radius 2 is 0.516 bits per heavy atom. The molecule has 0 N–H and O–H groups in total. The number of hydrogen-bond acceptors (Lipinski definition) is 2. The topological polar surface area (TPSA) is 6.48 Å². The Hall–Kier alpha value is -7.42. The molecule has 0 saturated heterocycles. The molecule has 2 aliphatic rings. The number of hydrogen-bond donors (Lipinski definition) is 0. The van der Waals surface area contributed by atoms with Crippen molar-refractivity contribution in [2.24, 2.45) is 0 Å². The fourth-order valence-corrected chi connectivity index (χ4v) is 10.1. The van der Waals surface area contributed by atoms with Crippen molar-refractivity contribution in [1.82, 2.24) is 0 Å². The standard InChI is InChI=1S/C60H48N2/c1-59(2)51-29-17-19-31-55(51)61(49-35-45(41-21-9-5-10-22-41)33-46(36-49)42-23-11-6-12-24-42)57-40-54-58(39-53(57)59)62(56-32-20-18-30-52(56)60(54,3)4)50-37-47(43-25-13-7-14-26-43)34-48(38-50)44-27-15-8-16-28-44/h5-40H,1-4H3. The van der Waals surface area contributed by atoms with Crippen LogP contribution < -0.4 is 9.80 Å². The van der Waals surface area contributed by atoms with Crippen LogP contribution in [0.15, 0.2) is 218 Å². The molecule has 9 aromatic rings. The molecule has 62 heavy (non-hydrogen) atoms. The van der Waals surface area contributed by atoms with E-state index in [9.17, 15) is 0 Å². The maximum absolute atomic E-state index is 2.54. The predicted molar refractivity (Wildman–Crippen MR) is 262 cm³/mol. The highest BCUT2D eigenvalue weighted by Crippen LogP contribution is 2.59. The maximum atomic E-state index is 2.54. The van der Waals surface area contributed by atoms with E-state index >= 15 is 0 Å². The lowest BCUT2D eigenvalue weighted by atomic mass is 9.69. The van der Waals surface area contributed by atoms with Crippen molar-refractivity contribution in [2.45, 2.75) is 38.5 Å². The van der Waals surface area contributed by atoms with Crippen LogP contribution in [0.3, 0.4) is 0 Å². The minimum Gasteiger partial charge on any atom is -0.310 e. The smallest absolute Gasteiger partial charge is 0.0507 e. The quantitative estimate of drug-likeness (QED) is 0.165. The summed E-state index contributed by atoms with van der Waals surface area (Å²) in [5.41, 5.74) is 21.3. The van der Waals surface area contributed by atoms with Crippen molar-refractivity contribution in [1.29, 1.82) is 0 Å². The van der Waals surface area contributed by atoms with Gasteiger partial charge in [0.05, 0.1) is 22.7 Å². The first-order valence-electron chi connectivity index (χ1n) is 21.8. The third kappa shape index (κ3) is 6.17. The summed E-state index contributed by atoms with van der Waals surface area (Å²) in [7, 11) is 0. The summed E-state index contributed by atoms with van der Waals surface area (Å²) in [5.74, 6) is 0. The Balaban J connectivity index is 1.19. The highest BCUT2D eigenvalue weighted by atomic mass is 15.2. The van der Waals surface area contributed by atoms with E-state index in [2.05, 4.69) is 256 Å². The first-order chi connectivity index (χ1) is 30.3. The number of anilines is 6. The minimum absolute atomic E-state index is 0.301. The maximum Gasteiger partial charge on any atom is 0.0507 e. The molecule has 2 aliphatic heterocycles. The average molecular weight is 797 g/mol. The molecule has 0 aliphatic carbocycles. The van der Waals surface area contributed by atoms with E-state index in [1.807, 2.05) is 0 Å². The van der Waals surface area contributed by atoms with Gasteiger partial charge in [0.2, 0.25) is 0 Å². The first-order valence-corrected chi connectivity index (χ1v) is 21.8. The van der Waals surface area contributed by atoms with Crippen LogP contribution in [0, 0.1) is 0 Å². The highest BCUT2D eigenvalue weighted by Gasteiger charge is 2.43. The Morgan fingerprint density at radius 1 is 0.242 bits per heavy atom. The number of benzene rings is 9. The Labute approximate surface area is 366 Å².